The summed E-state index contributed by atoms with van der Waals surface area (Å²) in [5, 5.41) is 0. The summed E-state index contributed by atoms with van der Waals surface area (Å²) in [7, 11) is 0. The van der Waals surface area contributed by atoms with Crippen LogP contribution in [0.4, 0.5) is 0 Å². The van der Waals surface area contributed by atoms with Gasteiger partial charge in [0, 0.05) is 10.8 Å². The van der Waals surface area contributed by atoms with E-state index in [1.54, 1.807) is 0 Å². The summed E-state index contributed by atoms with van der Waals surface area (Å²) in [6.07, 6.45) is 20.3. The van der Waals surface area contributed by atoms with Crippen molar-refractivity contribution in [2.75, 3.05) is 90.3 Å². The van der Waals surface area contributed by atoms with Crippen molar-refractivity contribution in [3.05, 3.63) is 0 Å². The van der Waals surface area contributed by atoms with Gasteiger partial charge in [-0.3, -0.25) is 4.79 Å². The number of esters is 1. The minimum atomic E-state index is -0.120. The van der Waals surface area contributed by atoms with Crippen molar-refractivity contribution < 1.29 is 38.0 Å². The zero-order chi connectivity index (χ0) is 29.7. The normalized spacial score (nSPS) is 11.4. The third-order valence-electron chi connectivity index (χ3n) is 6.56. The highest BCUT2D eigenvalue weighted by Gasteiger charge is 2.03. The van der Waals surface area contributed by atoms with E-state index in [1.165, 1.54) is 83.5 Å². The lowest BCUT2D eigenvalue weighted by Crippen LogP contribution is -2.15. The Morgan fingerprint density at radius 1 is 0.415 bits per heavy atom. The number of unbranched alkanes of at least 4 members (excludes halogenated alkanes) is 14. The second kappa shape index (κ2) is 38.0. The summed E-state index contributed by atoms with van der Waals surface area (Å²) in [6.45, 7) is 9.16. The molecular weight excluding hydrogens is 639 g/mol. The molecule has 0 amide bonds. The van der Waals surface area contributed by atoms with Crippen LogP contribution in [-0.4, -0.2) is 96.3 Å². The van der Waals surface area contributed by atoms with Gasteiger partial charge in [0.1, 0.15) is 6.61 Å². The summed E-state index contributed by atoms with van der Waals surface area (Å²) in [5.74, 6) is -0.120. The van der Waals surface area contributed by atoms with Crippen LogP contribution in [0.1, 0.15) is 110 Å². The van der Waals surface area contributed by atoms with E-state index >= 15 is 0 Å². The van der Waals surface area contributed by atoms with E-state index in [9.17, 15) is 4.79 Å². The first-order valence-corrected chi connectivity index (χ1v) is 18.0. The Labute approximate surface area is 265 Å². The van der Waals surface area contributed by atoms with Crippen molar-refractivity contribution in [1.82, 2.24) is 0 Å². The first kappa shape index (κ1) is 41.0. The second-order valence-electron chi connectivity index (χ2n) is 10.3. The van der Waals surface area contributed by atoms with Crippen LogP contribution in [0.15, 0.2) is 0 Å². The van der Waals surface area contributed by atoms with Gasteiger partial charge in [-0.1, -0.05) is 119 Å². The zero-order valence-electron chi connectivity index (χ0n) is 26.4. The van der Waals surface area contributed by atoms with E-state index < -0.39 is 0 Å². The number of hydrogen-bond acceptors (Lipinski definition) is 8. The average molecular weight is 703 g/mol. The Balaban J connectivity index is 3.14. The monoisotopic (exact) mass is 702 g/mol. The SMILES string of the molecule is CCCCCCCCCCCCCCCCCC(=O)OCCOCCOCCOCCOCCOCCOCCI. The molecule has 0 aliphatic rings. The molecule has 0 saturated heterocycles. The lowest BCUT2D eigenvalue weighted by atomic mass is 10.0. The van der Waals surface area contributed by atoms with Gasteiger partial charge in [0.15, 0.2) is 0 Å². The first-order chi connectivity index (χ1) is 20.3. The molecule has 0 bridgehead atoms. The molecule has 0 aromatic heterocycles. The number of alkyl halides is 1. The van der Waals surface area contributed by atoms with Crippen LogP contribution in [0.2, 0.25) is 0 Å². The van der Waals surface area contributed by atoms with Crippen LogP contribution in [0, 0.1) is 0 Å². The molecule has 0 rings (SSSR count). The standard InChI is InChI=1S/C32H63IO8/c1-2-3-4-5-6-7-8-9-10-11-12-13-14-15-16-17-32(34)41-31-30-40-29-28-39-27-26-38-25-24-37-23-22-36-21-20-35-19-18-33/h2-31H2,1H3. The van der Waals surface area contributed by atoms with E-state index in [0.29, 0.717) is 85.7 Å². The van der Waals surface area contributed by atoms with Crippen LogP contribution < -0.4 is 0 Å². The molecule has 9 heteroatoms. The van der Waals surface area contributed by atoms with Gasteiger partial charge >= 0.3 is 5.97 Å². The molecule has 0 N–H and O–H groups in total. The summed E-state index contributed by atoms with van der Waals surface area (Å²) < 4.78 is 38.8. The summed E-state index contributed by atoms with van der Waals surface area (Å²) in [6, 6.07) is 0. The number of halogens is 1. The summed E-state index contributed by atoms with van der Waals surface area (Å²) in [4.78, 5) is 11.8. The van der Waals surface area contributed by atoms with Crippen LogP contribution >= 0.6 is 22.6 Å². The number of carbonyl (C=O) groups excluding carboxylic acids is 1. The lowest BCUT2D eigenvalue weighted by Gasteiger charge is -2.08. The molecule has 0 aliphatic heterocycles. The van der Waals surface area contributed by atoms with Crippen molar-refractivity contribution in [2.24, 2.45) is 0 Å². The fourth-order valence-electron chi connectivity index (χ4n) is 4.18. The highest BCUT2D eigenvalue weighted by Crippen LogP contribution is 2.13. The maximum atomic E-state index is 11.8. The third kappa shape index (κ3) is 37.9. The number of hydrogen-bond donors (Lipinski definition) is 0. The maximum Gasteiger partial charge on any atom is 0.305 e. The van der Waals surface area contributed by atoms with Crippen LogP contribution in [0.25, 0.3) is 0 Å². The van der Waals surface area contributed by atoms with Gasteiger partial charge in [0.25, 0.3) is 0 Å². The van der Waals surface area contributed by atoms with Crippen LogP contribution in [0.3, 0.4) is 0 Å². The average Bonchev–Trinajstić information content (AvgIpc) is 2.98. The number of rotatable bonds is 36. The van der Waals surface area contributed by atoms with Crippen molar-refractivity contribution in [3.8, 4) is 0 Å². The van der Waals surface area contributed by atoms with Crippen LogP contribution in [0.5, 0.6) is 0 Å². The van der Waals surface area contributed by atoms with E-state index in [-0.39, 0.29) is 5.97 Å². The first-order valence-electron chi connectivity index (χ1n) is 16.5. The summed E-state index contributed by atoms with van der Waals surface area (Å²) in [5.41, 5.74) is 0. The van der Waals surface area contributed by atoms with E-state index in [0.717, 1.165) is 23.9 Å². The maximum absolute atomic E-state index is 11.8. The van der Waals surface area contributed by atoms with Gasteiger partial charge in [-0.25, -0.2) is 0 Å². The number of ether oxygens (including phenoxy) is 7. The van der Waals surface area contributed by atoms with Gasteiger partial charge in [-0.15, -0.1) is 0 Å². The fraction of sp³-hybridized carbons (Fsp3) is 0.969. The lowest BCUT2D eigenvalue weighted by molar-refractivity contribution is -0.145. The van der Waals surface area contributed by atoms with Gasteiger partial charge in [0.2, 0.25) is 0 Å². The fourth-order valence-corrected chi connectivity index (χ4v) is 4.49. The van der Waals surface area contributed by atoms with Crippen molar-refractivity contribution in [3.63, 3.8) is 0 Å². The molecule has 0 saturated carbocycles. The van der Waals surface area contributed by atoms with Gasteiger partial charge < -0.3 is 33.2 Å². The largest absolute Gasteiger partial charge is 0.463 e. The predicted molar refractivity (Wildman–Crippen MR) is 174 cm³/mol. The smallest absolute Gasteiger partial charge is 0.305 e. The van der Waals surface area contributed by atoms with Crippen molar-refractivity contribution >= 4 is 28.6 Å². The van der Waals surface area contributed by atoms with Gasteiger partial charge in [-0.2, -0.15) is 0 Å². The molecule has 246 valence electrons. The third-order valence-corrected chi connectivity index (χ3v) is 7.00. The quantitative estimate of drug-likeness (QED) is 0.0291. The Morgan fingerprint density at radius 3 is 1.05 bits per heavy atom. The second-order valence-corrected chi connectivity index (χ2v) is 11.4. The van der Waals surface area contributed by atoms with E-state index in [2.05, 4.69) is 29.5 Å². The molecule has 0 spiro atoms. The molecule has 0 unspecified atom stereocenters. The van der Waals surface area contributed by atoms with Crippen LogP contribution in [-0.2, 0) is 38.0 Å². The highest BCUT2D eigenvalue weighted by molar-refractivity contribution is 14.1. The van der Waals surface area contributed by atoms with E-state index in [4.69, 9.17) is 33.2 Å². The minimum Gasteiger partial charge on any atom is -0.463 e. The zero-order valence-corrected chi connectivity index (χ0v) is 28.5. The molecule has 0 heterocycles. The number of carbonyl (C=O) groups is 1. The molecule has 0 aromatic rings. The van der Waals surface area contributed by atoms with Crippen molar-refractivity contribution in [1.29, 1.82) is 0 Å². The Morgan fingerprint density at radius 2 is 0.707 bits per heavy atom. The van der Waals surface area contributed by atoms with Crippen molar-refractivity contribution in [2.45, 2.75) is 110 Å². The van der Waals surface area contributed by atoms with Gasteiger partial charge in [-0.05, 0) is 6.42 Å². The predicted octanol–water partition coefficient (Wildman–Crippen LogP) is 7.33. The Kier molecular flexibility index (Phi) is 37.9. The molecule has 8 nitrogen and oxygen atoms in total. The minimum absolute atomic E-state index is 0.120. The molecule has 0 aliphatic carbocycles. The molecule has 41 heavy (non-hydrogen) atoms. The Hall–Kier alpha value is -0.0400. The van der Waals surface area contributed by atoms with E-state index in [1.807, 2.05) is 0 Å². The van der Waals surface area contributed by atoms with Gasteiger partial charge in [0.05, 0.1) is 79.3 Å². The molecular formula is C32H63IO8. The Bertz CT molecular complexity index is 498. The molecule has 0 fully saturated rings. The topological polar surface area (TPSA) is 81.7 Å². The molecule has 0 aromatic carbocycles. The summed E-state index contributed by atoms with van der Waals surface area (Å²) >= 11 is 2.28. The highest BCUT2D eigenvalue weighted by atomic mass is 127. The molecule has 0 radical (unpaired) electrons. The molecule has 0 atom stereocenters.